The molecule has 0 bridgehead atoms. The number of hydrogen-bond acceptors (Lipinski definition) is 8. The monoisotopic (exact) mass is 1460 g/mol. The predicted molar refractivity (Wildman–Crippen MR) is 453 cm³/mol. The highest BCUT2D eigenvalue weighted by atomic mass is 16.7. The number of aliphatic carboxylic acids is 1. The fourth-order valence-corrected chi connectivity index (χ4v) is 12.7. The average Bonchev–Trinajstić information content (AvgIpc) is 1.18. The Bertz CT molecular complexity index is 2200. The topological polar surface area (TPSA) is 111 Å². The number of ether oxygens (including phenoxy) is 4. The van der Waals surface area contributed by atoms with Crippen LogP contribution in [0.3, 0.4) is 0 Å². The van der Waals surface area contributed by atoms with Gasteiger partial charge in [-0.3, -0.25) is 9.59 Å². The van der Waals surface area contributed by atoms with Crippen molar-refractivity contribution in [2.75, 3.05) is 47.5 Å². The normalized spacial score (nSPS) is 13.3. The largest absolute Gasteiger partial charge is 0.545 e. The van der Waals surface area contributed by atoms with Gasteiger partial charge in [0.15, 0.2) is 12.4 Å². The first kappa shape index (κ1) is 100. The summed E-state index contributed by atoms with van der Waals surface area (Å²) in [5.41, 5.74) is 0. The number of quaternary nitrogens is 1. The van der Waals surface area contributed by atoms with Crippen LogP contribution in [-0.4, -0.2) is 82.3 Å². The van der Waals surface area contributed by atoms with Gasteiger partial charge < -0.3 is 33.3 Å². The Hall–Kier alpha value is -4.57. The molecule has 105 heavy (non-hydrogen) atoms. The second kappa shape index (κ2) is 85.0. The number of rotatable bonds is 82. The van der Waals surface area contributed by atoms with Gasteiger partial charge in [0.05, 0.1) is 40.3 Å². The van der Waals surface area contributed by atoms with E-state index in [1.54, 1.807) is 0 Å². The van der Waals surface area contributed by atoms with E-state index in [9.17, 15) is 19.5 Å². The number of nitrogens with zero attached hydrogens (tertiary/aromatic N) is 1. The Balaban J connectivity index is 3.98. The number of likely N-dealkylation sites (N-methyl/N-ethyl adjacent to an activating group) is 1. The molecule has 0 aliphatic carbocycles. The van der Waals surface area contributed by atoms with Crippen molar-refractivity contribution in [3.05, 3.63) is 134 Å². The van der Waals surface area contributed by atoms with E-state index in [1.807, 2.05) is 21.1 Å². The average molecular weight is 1460 g/mol. The molecule has 604 valence electrons. The molecule has 0 fully saturated rings. The van der Waals surface area contributed by atoms with Crippen molar-refractivity contribution in [2.45, 2.75) is 411 Å². The number of hydrogen-bond donors (Lipinski definition) is 0. The summed E-state index contributed by atoms with van der Waals surface area (Å²) in [6.07, 6.45) is 120. The lowest BCUT2D eigenvalue weighted by Crippen LogP contribution is -2.44. The second-order valence-electron chi connectivity index (χ2n) is 30.8. The first-order chi connectivity index (χ1) is 51.6. The third kappa shape index (κ3) is 86.5. The zero-order chi connectivity index (χ0) is 76.0. The van der Waals surface area contributed by atoms with Crippen molar-refractivity contribution < 1.29 is 42.9 Å². The summed E-state index contributed by atoms with van der Waals surface area (Å²) in [6, 6.07) is 0. The maximum Gasteiger partial charge on any atom is 0.306 e. The summed E-state index contributed by atoms with van der Waals surface area (Å²) < 4.78 is 22.9. The molecular formula is C96H167NO8. The van der Waals surface area contributed by atoms with Crippen LogP contribution in [0.4, 0.5) is 0 Å². The Labute approximate surface area is 650 Å². The smallest absolute Gasteiger partial charge is 0.306 e. The van der Waals surface area contributed by atoms with Crippen LogP contribution in [-0.2, 0) is 33.3 Å². The van der Waals surface area contributed by atoms with Crippen molar-refractivity contribution in [2.24, 2.45) is 0 Å². The summed E-state index contributed by atoms with van der Waals surface area (Å²) >= 11 is 0. The van der Waals surface area contributed by atoms with E-state index in [1.165, 1.54) is 263 Å². The summed E-state index contributed by atoms with van der Waals surface area (Å²) in [6.45, 7) is 4.67. The molecule has 0 spiro atoms. The van der Waals surface area contributed by atoms with Crippen molar-refractivity contribution in [3.8, 4) is 0 Å². The van der Waals surface area contributed by atoms with E-state index in [2.05, 4.69) is 148 Å². The van der Waals surface area contributed by atoms with Gasteiger partial charge in [-0.25, -0.2) is 0 Å². The Morgan fingerprint density at radius 3 is 0.810 bits per heavy atom. The molecule has 0 rings (SSSR count). The van der Waals surface area contributed by atoms with Gasteiger partial charge in [0.2, 0.25) is 0 Å². The van der Waals surface area contributed by atoms with Gasteiger partial charge in [-0.15, -0.1) is 0 Å². The minimum Gasteiger partial charge on any atom is -0.545 e. The summed E-state index contributed by atoms with van der Waals surface area (Å²) in [4.78, 5) is 37.7. The van der Waals surface area contributed by atoms with Crippen LogP contribution in [0.15, 0.2) is 134 Å². The maximum atomic E-state index is 13.0. The Morgan fingerprint density at radius 1 is 0.295 bits per heavy atom. The quantitative estimate of drug-likeness (QED) is 0.0195. The van der Waals surface area contributed by atoms with Gasteiger partial charge in [-0.05, 0) is 116 Å². The summed E-state index contributed by atoms with van der Waals surface area (Å²) in [5, 5.41) is 11.9. The molecule has 0 saturated heterocycles. The first-order valence-corrected chi connectivity index (χ1v) is 44.3. The molecule has 2 unspecified atom stereocenters. The minimum absolute atomic E-state index is 0.145. The number of allylic oxidation sites excluding steroid dienone is 22. The van der Waals surface area contributed by atoms with Crippen LogP contribution >= 0.6 is 0 Å². The lowest BCUT2D eigenvalue weighted by Gasteiger charge is -2.26. The molecule has 2 atom stereocenters. The highest BCUT2D eigenvalue weighted by Gasteiger charge is 2.22. The van der Waals surface area contributed by atoms with E-state index in [-0.39, 0.29) is 32.2 Å². The van der Waals surface area contributed by atoms with Crippen molar-refractivity contribution in [1.82, 2.24) is 0 Å². The molecule has 0 aliphatic rings. The van der Waals surface area contributed by atoms with Crippen LogP contribution in [0.5, 0.6) is 0 Å². The molecule has 0 aliphatic heterocycles. The van der Waals surface area contributed by atoms with Crippen molar-refractivity contribution in [1.29, 1.82) is 0 Å². The SMILES string of the molecule is CC/C=C\C/C=C\C/C=C\C/C=C\C/C=C\C/C=C\C/C=C\C/C=C\C/C=C\CCCCCCCCCCCCCCCC(=O)OC(COC(=O)CCCCCCCCCCCCCCCCCCCCCCCCCCCCC/C=C\C/C=C\CCCCCCC)COC(OCC[N+](C)(C)C)C(=O)[O-]. The van der Waals surface area contributed by atoms with Crippen molar-refractivity contribution >= 4 is 17.9 Å². The minimum atomic E-state index is -1.63. The molecule has 0 amide bonds. The number of carboxylic acid groups (broad SMARTS) is 1. The number of carboxylic acids is 1. The predicted octanol–water partition coefficient (Wildman–Crippen LogP) is 27.8. The fraction of sp³-hybridized carbons (Fsp3) is 0.740. The van der Waals surface area contributed by atoms with Gasteiger partial charge >= 0.3 is 11.9 Å². The van der Waals surface area contributed by atoms with E-state index in [4.69, 9.17) is 18.9 Å². The number of carbonyl (C=O) groups excluding carboxylic acids is 3. The number of carbonyl (C=O) groups is 3. The van der Waals surface area contributed by atoms with Crippen LogP contribution < -0.4 is 5.11 Å². The molecule has 0 aromatic rings. The van der Waals surface area contributed by atoms with Gasteiger partial charge in [-0.1, -0.05) is 404 Å². The van der Waals surface area contributed by atoms with E-state index in [0.29, 0.717) is 23.9 Å². The number of unbranched alkanes of at least 4 members (excludes halogenated alkanes) is 45. The summed E-state index contributed by atoms with van der Waals surface area (Å²) in [5.74, 6) is -2.27. The standard InChI is InChI=1S/C96H167NO8/c1-6-8-10-12-14-16-18-20-22-24-26-28-30-32-34-36-38-40-42-44-46-47-49-51-53-55-57-59-61-63-65-67-69-71-73-75-77-79-81-83-85-87-94(99)105-92(91-104-96(95(100)101)102-89-88-97(3,4)5)90-103-93(98)86-84-82-80-78-76-74-72-70-68-66-64-62-60-58-56-54-52-50-48-45-43-41-39-37-35-33-31-29-27-25-23-21-19-17-15-13-11-9-7-2/h8,10,14,16,19-22,25-28,32,34,38,40,44,46,49,51,55,57,92,96H,6-7,9,11-13,15,17-18,23-24,29-31,33,35-37,39,41-43,45,47-48,50,52-54,56,58-91H2,1-5H3/b10-8-,16-14-,21-19-,22-20-,27-25-,28-26-,34-32-,40-38-,46-44-,51-49-,57-55-. The van der Waals surface area contributed by atoms with Gasteiger partial charge in [0, 0.05) is 12.8 Å². The van der Waals surface area contributed by atoms with Crippen LogP contribution in [0.1, 0.15) is 399 Å². The van der Waals surface area contributed by atoms with Crippen LogP contribution in [0, 0.1) is 0 Å². The van der Waals surface area contributed by atoms with Gasteiger partial charge in [0.25, 0.3) is 0 Å². The molecule has 0 saturated carbocycles. The van der Waals surface area contributed by atoms with Crippen molar-refractivity contribution in [3.63, 3.8) is 0 Å². The molecule has 0 radical (unpaired) electrons. The lowest BCUT2D eigenvalue weighted by atomic mass is 10.0. The van der Waals surface area contributed by atoms with E-state index >= 15 is 0 Å². The highest BCUT2D eigenvalue weighted by Crippen LogP contribution is 2.19. The Morgan fingerprint density at radius 2 is 0.543 bits per heavy atom. The van der Waals surface area contributed by atoms with Crippen LogP contribution in [0.25, 0.3) is 0 Å². The molecule has 9 nitrogen and oxygen atoms in total. The van der Waals surface area contributed by atoms with Crippen LogP contribution in [0.2, 0.25) is 0 Å². The number of esters is 2. The molecule has 0 N–H and O–H groups in total. The van der Waals surface area contributed by atoms with E-state index in [0.717, 1.165) is 103 Å². The molecule has 0 heterocycles. The van der Waals surface area contributed by atoms with E-state index < -0.39 is 24.3 Å². The summed E-state index contributed by atoms with van der Waals surface area (Å²) in [7, 11) is 5.95. The lowest BCUT2D eigenvalue weighted by molar-refractivity contribution is -0.870. The third-order valence-corrected chi connectivity index (χ3v) is 19.4. The molecular weight excluding hydrogens is 1300 g/mol. The third-order valence-electron chi connectivity index (χ3n) is 19.4. The zero-order valence-corrected chi connectivity index (χ0v) is 69.3. The molecule has 0 aromatic heterocycles. The van der Waals surface area contributed by atoms with Gasteiger partial charge in [0.1, 0.15) is 13.2 Å². The van der Waals surface area contributed by atoms with Gasteiger partial charge in [-0.2, -0.15) is 0 Å². The Kier molecular flexibility index (Phi) is 81.3. The first-order valence-electron chi connectivity index (χ1n) is 44.3. The molecule has 9 heteroatoms. The fourth-order valence-electron chi connectivity index (χ4n) is 12.7. The highest BCUT2D eigenvalue weighted by molar-refractivity contribution is 5.70. The zero-order valence-electron chi connectivity index (χ0n) is 69.3. The maximum absolute atomic E-state index is 13.0. The second-order valence-corrected chi connectivity index (χ2v) is 30.8. The molecule has 0 aromatic carbocycles.